The summed E-state index contributed by atoms with van der Waals surface area (Å²) in [4.78, 5) is 27.6. The summed E-state index contributed by atoms with van der Waals surface area (Å²) in [7, 11) is 2.98. The number of ketones is 1. The van der Waals surface area contributed by atoms with Crippen molar-refractivity contribution < 1.29 is 37.3 Å². The van der Waals surface area contributed by atoms with E-state index >= 15 is 0 Å². The van der Waals surface area contributed by atoms with Gasteiger partial charge in [0.05, 0.1) is 31.4 Å². The van der Waals surface area contributed by atoms with Crippen molar-refractivity contribution in [1.82, 2.24) is 4.90 Å². The lowest BCUT2D eigenvalue weighted by Crippen LogP contribution is -2.29. The molecule has 0 aliphatic carbocycles. The van der Waals surface area contributed by atoms with E-state index in [1.807, 2.05) is 0 Å². The van der Waals surface area contributed by atoms with Crippen molar-refractivity contribution in [2.24, 2.45) is 0 Å². The number of carbonyl (C=O) groups is 2. The monoisotopic (exact) mass is 511 g/mol. The highest BCUT2D eigenvalue weighted by Crippen LogP contribution is 2.41. The number of Topliss-reactive ketones (excluding diaryl/α,β-unsaturated/α-hetero) is 1. The van der Waals surface area contributed by atoms with Crippen LogP contribution in [0, 0.1) is 6.92 Å². The predicted molar refractivity (Wildman–Crippen MR) is 130 cm³/mol. The van der Waals surface area contributed by atoms with Crippen LogP contribution < -0.4 is 9.47 Å². The third-order valence-corrected chi connectivity index (χ3v) is 6.27. The number of hydrogen-bond acceptors (Lipinski definition) is 5. The third-order valence-electron chi connectivity index (χ3n) is 6.27. The van der Waals surface area contributed by atoms with Crippen LogP contribution in [0.3, 0.4) is 0 Å². The summed E-state index contributed by atoms with van der Waals surface area (Å²) >= 11 is 0. The van der Waals surface area contributed by atoms with Crippen molar-refractivity contribution in [1.29, 1.82) is 0 Å². The van der Waals surface area contributed by atoms with Gasteiger partial charge in [0.25, 0.3) is 11.7 Å². The fraction of sp³-hybridized carbons (Fsp3) is 0.214. The molecule has 6 nitrogen and oxygen atoms in total. The second-order valence-corrected chi connectivity index (χ2v) is 8.58. The summed E-state index contributed by atoms with van der Waals surface area (Å²) in [6.45, 7) is 1.45. The van der Waals surface area contributed by atoms with Crippen molar-refractivity contribution in [3.63, 3.8) is 0 Å². The lowest BCUT2D eigenvalue weighted by Gasteiger charge is -2.26. The molecular formula is C28H24F3NO5. The highest BCUT2D eigenvalue weighted by atomic mass is 19.4. The zero-order chi connectivity index (χ0) is 26.9. The van der Waals surface area contributed by atoms with Gasteiger partial charge >= 0.3 is 6.18 Å². The molecule has 1 saturated heterocycles. The Kier molecular flexibility index (Phi) is 6.98. The van der Waals surface area contributed by atoms with Gasteiger partial charge in [-0.25, -0.2) is 0 Å². The van der Waals surface area contributed by atoms with E-state index in [4.69, 9.17) is 9.47 Å². The van der Waals surface area contributed by atoms with Crippen molar-refractivity contribution >= 4 is 17.4 Å². The number of ether oxygens (including phenoxy) is 2. The molecule has 1 fully saturated rings. The molecule has 0 radical (unpaired) electrons. The maximum Gasteiger partial charge on any atom is 0.416 e. The second-order valence-electron chi connectivity index (χ2n) is 8.58. The molecule has 1 N–H and O–H groups in total. The molecule has 1 aliphatic heterocycles. The van der Waals surface area contributed by atoms with Crippen molar-refractivity contribution in [3.05, 3.63) is 100 Å². The second kappa shape index (κ2) is 10.0. The zero-order valence-electron chi connectivity index (χ0n) is 20.3. The average Bonchev–Trinajstić information content (AvgIpc) is 3.13. The number of carbonyl (C=O) groups excluding carboxylic acids is 2. The van der Waals surface area contributed by atoms with E-state index in [2.05, 4.69) is 0 Å². The van der Waals surface area contributed by atoms with Crippen molar-refractivity contribution in [2.45, 2.75) is 25.7 Å². The Hall–Kier alpha value is -4.27. The molecule has 9 heteroatoms. The summed E-state index contributed by atoms with van der Waals surface area (Å²) in [6.07, 6.45) is -4.56. The van der Waals surface area contributed by atoms with E-state index in [0.717, 1.165) is 12.1 Å². The quantitative estimate of drug-likeness (QED) is 0.263. The number of nitrogens with zero attached hydrogens (tertiary/aromatic N) is 1. The highest BCUT2D eigenvalue weighted by molar-refractivity contribution is 6.46. The average molecular weight is 511 g/mol. The van der Waals surface area contributed by atoms with Crippen LogP contribution in [0.5, 0.6) is 11.5 Å². The molecule has 1 aliphatic rings. The first-order valence-electron chi connectivity index (χ1n) is 11.3. The number of aliphatic hydroxyl groups excluding tert-OH is 1. The number of halogens is 3. The predicted octanol–water partition coefficient (Wildman–Crippen LogP) is 5.65. The summed E-state index contributed by atoms with van der Waals surface area (Å²) in [5.41, 5.74) is 0.591. The number of hydrogen-bond donors (Lipinski definition) is 1. The van der Waals surface area contributed by atoms with Gasteiger partial charge in [-0.2, -0.15) is 13.2 Å². The van der Waals surface area contributed by atoms with Crippen molar-refractivity contribution in [3.8, 4) is 11.5 Å². The summed E-state index contributed by atoms with van der Waals surface area (Å²) in [5, 5.41) is 11.3. The fourth-order valence-corrected chi connectivity index (χ4v) is 4.39. The molecule has 192 valence electrons. The number of benzene rings is 3. The van der Waals surface area contributed by atoms with Gasteiger partial charge in [-0.15, -0.1) is 0 Å². The molecule has 0 saturated carbocycles. The number of aliphatic hydroxyl groups is 1. The molecule has 3 aromatic carbocycles. The molecule has 0 bridgehead atoms. The molecular weight excluding hydrogens is 487 g/mol. The Labute approximate surface area is 211 Å². The molecule has 1 atom stereocenters. The first-order valence-corrected chi connectivity index (χ1v) is 11.3. The first-order chi connectivity index (χ1) is 17.5. The van der Waals surface area contributed by atoms with Crippen LogP contribution in [0.1, 0.15) is 33.9 Å². The number of likely N-dealkylation sites (tertiary alicyclic amines) is 1. The van der Waals surface area contributed by atoms with Gasteiger partial charge in [-0.1, -0.05) is 24.3 Å². The van der Waals surface area contributed by atoms with E-state index in [9.17, 15) is 27.9 Å². The topological polar surface area (TPSA) is 76.1 Å². The normalized spacial score (nSPS) is 17.2. The maximum atomic E-state index is 13.3. The Morgan fingerprint density at radius 1 is 0.946 bits per heavy atom. The van der Waals surface area contributed by atoms with Crippen LogP contribution in [0.4, 0.5) is 13.2 Å². The van der Waals surface area contributed by atoms with E-state index in [-0.39, 0.29) is 23.4 Å². The summed E-state index contributed by atoms with van der Waals surface area (Å²) in [6, 6.07) is 15.0. The molecule has 0 aromatic heterocycles. The minimum Gasteiger partial charge on any atom is -0.507 e. The van der Waals surface area contributed by atoms with E-state index in [1.165, 1.54) is 31.3 Å². The van der Waals surface area contributed by atoms with Gasteiger partial charge in [-0.3, -0.25) is 9.59 Å². The van der Waals surface area contributed by atoms with Gasteiger partial charge in [0.15, 0.2) is 0 Å². The maximum absolute atomic E-state index is 13.3. The van der Waals surface area contributed by atoms with Crippen LogP contribution in [-0.4, -0.2) is 35.9 Å². The number of rotatable bonds is 6. The Morgan fingerprint density at radius 2 is 1.59 bits per heavy atom. The van der Waals surface area contributed by atoms with Crippen LogP contribution in [0.15, 0.2) is 72.3 Å². The lowest BCUT2D eigenvalue weighted by atomic mass is 9.93. The number of amides is 1. The minimum atomic E-state index is -4.56. The van der Waals surface area contributed by atoms with Gasteiger partial charge in [0.1, 0.15) is 17.3 Å². The van der Waals surface area contributed by atoms with Crippen LogP contribution in [0.2, 0.25) is 0 Å². The lowest BCUT2D eigenvalue weighted by molar-refractivity contribution is -0.140. The molecule has 1 amide bonds. The van der Waals surface area contributed by atoms with Crippen LogP contribution >= 0.6 is 0 Å². The molecule has 4 rings (SSSR count). The highest BCUT2D eigenvalue weighted by Gasteiger charge is 2.46. The minimum absolute atomic E-state index is 0.157. The van der Waals surface area contributed by atoms with Gasteiger partial charge in [-0.05, 0) is 66.1 Å². The van der Waals surface area contributed by atoms with Crippen LogP contribution in [-0.2, 0) is 22.3 Å². The molecule has 1 unspecified atom stereocenters. The Morgan fingerprint density at radius 3 is 2.19 bits per heavy atom. The van der Waals surface area contributed by atoms with Gasteiger partial charge < -0.3 is 19.5 Å². The first kappa shape index (κ1) is 25.8. The standard InChI is InChI=1S/C28H24F3NO5/c1-16-13-21(37-3)11-12-22(16)25(33)23-24(18-7-9-20(36-2)10-8-18)32(27(35)26(23)34)15-17-5-4-6-19(14-17)28(29,30)31/h4-14,24,33H,15H2,1-3H3/b25-23-. The van der Waals surface area contributed by atoms with Crippen LogP contribution in [0.25, 0.3) is 5.76 Å². The molecule has 0 spiro atoms. The third kappa shape index (κ3) is 5.02. The zero-order valence-corrected chi connectivity index (χ0v) is 20.3. The Bertz CT molecular complexity index is 1380. The van der Waals surface area contributed by atoms with Gasteiger partial charge in [0, 0.05) is 12.1 Å². The Balaban J connectivity index is 1.85. The number of aryl methyl sites for hydroxylation is 1. The van der Waals surface area contributed by atoms with E-state index < -0.39 is 29.5 Å². The summed E-state index contributed by atoms with van der Waals surface area (Å²) in [5.74, 6) is -1.16. The number of methoxy groups -OCH3 is 2. The smallest absolute Gasteiger partial charge is 0.416 e. The summed E-state index contributed by atoms with van der Waals surface area (Å²) < 4.78 is 50.3. The largest absolute Gasteiger partial charge is 0.507 e. The van der Waals surface area contributed by atoms with E-state index in [1.54, 1.807) is 49.4 Å². The fourth-order valence-electron chi connectivity index (χ4n) is 4.39. The molecule has 1 heterocycles. The molecule has 3 aromatic rings. The molecule has 37 heavy (non-hydrogen) atoms. The van der Waals surface area contributed by atoms with Gasteiger partial charge in [0.2, 0.25) is 0 Å². The van der Waals surface area contributed by atoms with E-state index in [0.29, 0.717) is 28.2 Å². The SMILES string of the molecule is COc1ccc(C2/C(=C(/O)c3ccc(OC)cc3C)C(=O)C(=O)N2Cc2cccc(C(F)(F)F)c2)cc1. The number of alkyl halides is 3. The van der Waals surface area contributed by atoms with Crippen molar-refractivity contribution in [2.75, 3.05) is 14.2 Å².